The van der Waals surface area contributed by atoms with E-state index in [0.29, 0.717) is 32.5 Å². The molecule has 0 spiro atoms. The second-order valence-electron chi connectivity index (χ2n) is 6.14. The van der Waals surface area contributed by atoms with Gasteiger partial charge in [0.1, 0.15) is 5.84 Å². The zero-order valence-corrected chi connectivity index (χ0v) is 17.1. The van der Waals surface area contributed by atoms with Gasteiger partial charge in [0.05, 0.1) is 13.0 Å². The summed E-state index contributed by atoms with van der Waals surface area (Å²) in [6, 6.07) is 0. The first-order chi connectivity index (χ1) is 12.8. The monoisotopic (exact) mass is 393 g/mol. The molecule has 0 unspecified atom stereocenters. The van der Waals surface area contributed by atoms with Crippen LogP contribution in [0.3, 0.4) is 0 Å². The average Bonchev–Trinajstić information content (AvgIpc) is 2.63. The van der Waals surface area contributed by atoms with E-state index in [-0.39, 0.29) is 18.9 Å². The lowest BCUT2D eigenvalue weighted by Crippen LogP contribution is -2.40. The number of amides is 2. The van der Waals surface area contributed by atoms with Crippen molar-refractivity contribution in [3.8, 4) is 0 Å². The molecule has 158 valence electrons. The number of alkyl halides is 3. The van der Waals surface area contributed by atoms with E-state index in [1.807, 2.05) is 20.8 Å². The highest BCUT2D eigenvalue weighted by Crippen LogP contribution is 2.22. The number of amidine groups is 1. The smallest absolute Gasteiger partial charge is 0.341 e. The standard InChI is InChI=1S/C17H28F3N3O2.C2H6/c1-3-5-7-14-21-11-13-22(15(24)9-10-17(18,19)20)12-6-8-16(25)23(14)4-2;1-2/h3-13H2,1-2H3;1-2H3. The molecule has 1 heterocycles. The van der Waals surface area contributed by atoms with Crippen LogP contribution in [0.4, 0.5) is 13.2 Å². The van der Waals surface area contributed by atoms with Crippen LogP contribution >= 0.6 is 0 Å². The molecule has 1 aliphatic rings. The van der Waals surface area contributed by atoms with Gasteiger partial charge in [-0.05, 0) is 19.8 Å². The van der Waals surface area contributed by atoms with E-state index in [4.69, 9.17) is 0 Å². The largest absolute Gasteiger partial charge is 0.389 e. The number of unbranched alkanes of at least 4 members (excludes halogenated alkanes) is 1. The molecule has 0 saturated heterocycles. The fraction of sp³-hybridized carbons (Fsp3) is 0.842. The second-order valence-corrected chi connectivity index (χ2v) is 6.14. The van der Waals surface area contributed by atoms with Crippen LogP contribution in [0.2, 0.25) is 0 Å². The summed E-state index contributed by atoms with van der Waals surface area (Å²) in [6.07, 6.45) is -2.70. The topological polar surface area (TPSA) is 53.0 Å². The minimum atomic E-state index is -4.34. The third-order valence-corrected chi connectivity index (χ3v) is 4.14. The Kier molecular flexibility index (Phi) is 12.7. The van der Waals surface area contributed by atoms with Gasteiger partial charge in [-0.1, -0.05) is 27.2 Å². The quantitative estimate of drug-likeness (QED) is 0.671. The lowest BCUT2D eigenvalue weighted by molar-refractivity contribution is -0.149. The van der Waals surface area contributed by atoms with E-state index >= 15 is 0 Å². The normalized spacial score (nSPS) is 16.4. The highest BCUT2D eigenvalue weighted by molar-refractivity contribution is 5.98. The van der Waals surface area contributed by atoms with Crippen molar-refractivity contribution in [2.45, 2.75) is 78.8 Å². The molecule has 0 atom stereocenters. The minimum absolute atomic E-state index is 0.0399. The average molecular weight is 393 g/mol. The fourth-order valence-corrected chi connectivity index (χ4v) is 2.76. The van der Waals surface area contributed by atoms with Gasteiger partial charge in [-0.15, -0.1) is 0 Å². The van der Waals surface area contributed by atoms with Crippen LogP contribution in [0, 0.1) is 0 Å². The second kappa shape index (κ2) is 13.6. The first-order valence-corrected chi connectivity index (χ1v) is 9.96. The molecule has 0 aromatic heterocycles. The van der Waals surface area contributed by atoms with Crippen LogP contribution in [0.25, 0.3) is 0 Å². The Morgan fingerprint density at radius 3 is 2.41 bits per heavy atom. The summed E-state index contributed by atoms with van der Waals surface area (Å²) >= 11 is 0. The van der Waals surface area contributed by atoms with Crippen molar-refractivity contribution >= 4 is 17.6 Å². The fourth-order valence-electron chi connectivity index (χ4n) is 2.76. The molecule has 0 aromatic rings. The van der Waals surface area contributed by atoms with E-state index in [1.165, 1.54) is 4.90 Å². The molecule has 1 rings (SSSR count). The van der Waals surface area contributed by atoms with Crippen molar-refractivity contribution in [3.63, 3.8) is 0 Å². The minimum Gasteiger partial charge on any atom is -0.341 e. The van der Waals surface area contributed by atoms with Crippen LogP contribution < -0.4 is 0 Å². The van der Waals surface area contributed by atoms with Crippen LogP contribution in [-0.4, -0.2) is 59.8 Å². The van der Waals surface area contributed by atoms with E-state index in [1.54, 1.807) is 4.90 Å². The Balaban J connectivity index is 0.00000326. The number of hydrogen-bond acceptors (Lipinski definition) is 3. The first-order valence-electron chi connectivity index (χ1n) is 9.96. The van der Waals surface area contributed by atoms with Crippen molar-refractivity contribution in [2.24, 2.45) is 4.99 Å². The van der Waals surface area contributed by atoms with Gasteiger partial charge in [0, 0.05) is 38.9 Å². The van der Waals surface area contributed by atoms with Crippen LogP contribution in [-0.2, 0) is 9.59 Å². The Hall–Kier alpha value is -1.60. The summed E-state index contributed by atoms with van der Waals surface area (Å²) in [5.74, 6) is 0.156. The van der Waals surface area contributed by atoms with Crippen molar-refractivity contribution in [2.75, 3.05) is 26.2 Å². The first kappa shape index (κ1) is 25.4. The predicted octanol–water partition coefficient (Wildman–Crippen LogP) is 4.41. The highest BCUT2D eigenvalue weighted by atomic mass is 19.4. The molecular formula is C19H34F3N3O2. The number of nitrogens with zero attached hydrogens (tertiary/aromatic N) is 3. The number of halogens is 3. The van der Waals surface area contributed by atoms with Crippen molar-refractivity contribution in [1.82, 2.24) is 9.80 Å². The van der Waals surface area contributed by atoms with Gasteiger partial charge >= 0.3 is 6.18 Å². The Morgan fingerprint density at radius 2 is 1.85 bits per heavy atom. The molecule has 0 saturated carbocycles. The maximum absolute atomic E-state index is 12.4. The molecule has 5 nitrogen and oxygen atoms in total. The Labute approximate surface area is 161 Å². The Morgan fingerprint density at radius 1 is 1.19 bits per heavy atom. The third kappa shape index (κ3) is 10.3. The van der Waals surface area contributed by atoms with Crippen molar-refractivity contribution < 1.29 is 22.8 Å². The van der Waals surface area contributed by atoms with Crippen LogP contribution in [0.1, 0.15) is 72.6 Å². The highest BCUT2D eigenvalue weighted by Gasteiger charge is 2.29. The van der Waals surface area contributed by atoms with Gasteiger partial charge in [-0.2, -0.15) is 13.2 Å². The lowest BCUT2D eigenvalue weighted by Gasteiger charge is -2.27. The number of carbonyl (C=O) groups is 2. The summed E-state index contributed by atoms with van der Waals surface area (Å²) in [6.45, 7) is 9.39. The van der Waals surface area contributed by atoms with Crippen LogP contribution in [0.5, 0.6) is 0 Å². The van der Waals surface area contributed by atoms with Gasteiger partial charge in [0.2, 0.25) is 11.8 Å². The molecule has 0 fully saturated rings. The summed E-state index contributed by atoms with van der Waals surface area (Å²) < 4.78 is 36.9. The molecule has 0 bridgehead atoms. The molecule has 0 N–H and O–H groups in total. The number of aliphatic imine (C=N–C) groups is 1. The maximum atomic E-state index is 12.4. The van der Waals surface area contributed by atoms with Crippen molar-refractivity contribution in [1.29, 1.82) is 0 Å². The van der Waals surface area contributed by atoms with Gasteiger partial charge in [-0.25, -0.2) is 0 Å². The molecule has 0 aliphatic carbocycles. The maximum Gasteiger partial charge on any atom is 0.389 e. The Bertz CT molecular complexity index is 479. The summed E-state index contributed by atoms with van der Waals surface area (Å²) in [5, 5.41) is 0. The van der Waals surface area contributed by atoms with E-state index in [2.05, 4.69) is 11.9 Å². The molecule has 1 aliphatic heterocycles. The summed E-state index contributed by atoms with van der Waals surface area (Å²) in [7, 11) is 0. The number of rotatable bonds is 6. The molecule has 27 heavy (non-hydrogen) atoms. The predicted molar refractivity (Wildman–Crippen MR) is 102 cm³/mol. The molecular weight excluding hydrogens is 359 g/mol. The third-order valence-electron chi connectivity index (χ3n) is 4.14. The van der Waals surface area contributed by atoms with Crippen LogP contribution in [0.15, 0.2) is 4.99 Å². The van der Waals surface area contributed by atoms with Crippen molar-refractivity contribution in [3.05, 3.63) is 0 Å². The van der Waals surface area contributed by atoms with Gasteiger partial charge in [-0.3, -0.25) is 14.6 Å². The molecule has 0 radical (unpaired) electrons. The SMILES string of the molecule is CC.CCCCC1=NCCN(C(=O)CCC(F)(F)F)CCCC(=O)N1CC. The number of carbonyl (C=O) groups excluding carboxylic acids is 2. The number of hydrogen-bond donors (Lipinski definition) is 0. The zero-order valence-electron chi connectivity index (χ0n) is 17.1. The molecule has 2 amide bonds. The summed E-state index contributed by atoms with van der Waals surface area (Å²) in [4.78, 5) is 32.0. The zero-order chi connectivity index (χ0) is 20.9. The van der Waals surface area contributed by atoms with E-state index < -0.39 is 24.9 Å². The molecule has 0 aromatic carbocycles. The summed E-state index contributed by atoms with van der Waals surface area (Å²) in [5.41, 5.74) is 0. The molecule has 8 heteroatoms. The van der Waals surface area contributed by atoms with Gasteiger partial charge in [0.15, 0.2) is 0 Å². The lowest BCUT2D eigenvalue weighted by atomic mass is 10.2. The van der Waals surface area contributed by atoms with E-state index in [0.717, 1.165) is 18.7 Å². The van der Waals surface area contributed by atoms with Gasteiger partial charge < -0.3 is 9.80 Å². The van der Waals surface area contributed by atoms with E-state index in [9.17, 15) is 22.8 Å². The van der Waals surface area contributed by atoms with Gasteiger partial charge in [0.25, 0.3) is 0 Å².